The van der Waals surface area contributed by atoms with Gasteiger partial charge in [0, 0.05) is 11.9 Å². The van der Waals surface area contributed by atoms with Crippen molar-refractivity contribution in [2.75, 3.05) is 11.9 Å². The summed E-state index contributed by atoms with van der Waals surface area (Å²) < 4.78 is 1.14. The molecule has 0 radical (unpaired) electrons. The number of anilines is 1. The summed E-state index contributed by atoms with van der Waals surface area (Å²) in [5, 5.41) is 9.00. The summed E-state index contributed by atoms with van der Waals surface area (Å²) in [5.74, 6) is 0. The number of nitrogens with zero attached hydrogens (tertiary/aromatic N) is 1. The Morgan fingerprint density at radius 2 is 1.89 bits per heavy atom. The molecule has 5 heteroatoms. The highest BCUT2D eigenvalue weighted by molar-refractivity contribution is 7.22. The number of carbonyl (C=O) groups excluding carboxylic acids is 1. The molecule has 134 valence electrons. The quantitative estimate of drug-likeness (QED) is 0.534. The normalized spacial score (nSPS) is 12.6. The molecule has 1 aliphatic rings. The zero-order valence-electron chi connectivity index (χ0n) is 14.8. The molecule has 5 rings (SSSR count). The van der Waals surface area contributed by atoms with Gasteiger partial charge in [0.1, 0.15) is 0 Å². The Kier molecular flexibility index (Phi) is 4.02. The van der Waals surface area contributed by atoms with Crippen molar-refractivity contribution in [3.8, 4) is 0 Å². The highest BCUT2D eigenvalue weighted by Crippen LogP contribution is 2.38. The van der Waals surface area contributed by atoms with Crippen LogP contribution in [0.15, 0.2) is 54.6 Å². The van der Waals surface area contributed by atoms with Crippen LogP contribution in [-0.4, -0.2) is 17.6 Å². The summed E-state index contributed by atoms with van der Waals surface area (Å²) in [5.41, 5.74) is 5.00. The van der Waals surface area contributed by atoms with E-state index in [1.54, 1.807) is 0 Å². The van der Waals surface area contributed by atoms with Crippen molar-refractivity contribution in [3.05, 3.63) is 71.3 Å². The van der Waals surface area contributed by atoms with E-state index in [9.17, 15) is 4.79 Å². The Morgan fingerprint density at radius 1 is 1.04 bits per heavy atom. The van der Waals surface area contributed by atoms with Crippen LogP contribution in [0.2, 0.25) is 0 Å². The van der Waals surface area contributed by atoms with Gasteiger partial charge in [-0.15, -0.1) is 0 Å². The zero-order chi connectivity index (χ0) is 18.2. The number of hydrogen-bond acceptors (Lipinski definition) is 3. The van der Waals surface area contributed by atoms with Crippen molar-refractivity contribution in [2.24, 2.45) is 0 Å². The summed E-state index contributed by atoms with van der Waals surface area (Å²) in [6.45, 7) is 0.594. The van der Waals surface area contributed by atoms with E-state index in [0.717, 1.165) is 29.5 Å². The molecule has 2 N–H and O–H groups in total. The van der Waals surface area contributed by atoms with Gasteiger partial charge in [-0.3, -0.25) is 5.32 Å². The SMILES string of the molecule is O=C(NCCc1ccccc1)Nc1nc2c(cc3c4c(cccc42)CC3)s1. The van der Waals surface area contributed by atoms with Gasteiger partial charge in [0.15, 0.2) is 5.13 Å². The predicted octanol–water partition coefficient (Wildman–Crippen LogP) is 4.91. The van der Waals surface area contributed by atoms with E-state index in [1.165, 1.54) is 38.8 Å². The molecule has 4 nitrogen and oxygen atoms in total. The number of nitrogens with one attached hydrogen (secondary N) is 2. The van der Waals surface area contributed by atoms with Crippen molar-refractivity contribution < 1.29 is 4.79 Å². The van der Waals surface area contributed by atoms with Gasteiger partial charge in [0.05, 0.1) is 10.2 Å². The number of thiazole rings is 1. The monoisotopic (exact) mass is 373 g/mol. The maximum Gasteiger partial charge on any atom is 0.321 e. The van der Waals surface area contributed by atoms with E-state index >= 15 is 0 Å². The third-order valence-electron chi connectivity index (χ3n) is 5.11. The number of benzene rings is 3. The molecule has 0 saturated heterocycles. The molecule has 1 heterocycles. The molecule has 0 unspecified atom stereocenters. The van der Waals surface area contributed by atoms with Crippen LogP contribution in [0.1, 0.15) is 16.7 Å². The minimum absolute atomic E-state index is 0.206. The molecule has 0 bridgehead atoms. The average Bonchev–Trinajstić information content (AvgIpc) is 3.28. The van der Waals surface area contributed by atoms with E-state index in [-0.39, 0.29) is 6.03 Å². The molecule has 0 fully saturated rings. The second-order valence-corrected chi connectivity index (χ2v) is 7.89. The first-order chi connectivity index (χ1) is 13.3. The maximum atomic E-state index is 12.2. The molecule has 4 aromatic rings. The van der Waals surface area contributed by atoms with Crippen LogP contribution in [-0.2, 0) is 19.3 Å². The second-order valence-electron chi connectivity index (χ2n) is 6.86. The van der Waals surface area contributed by atoms with E-state index in [2.05, 4.69) is 47.0 Å². The largest absolute Gasteiger partial charge is 0.337 e. The van der Waals surface area contributed by atoms with Crippen molar-refractivity contribution >= 4 is 43.5 Å². The number of urea groups is 1. The van der Waals surface area contributed by atoms with E-state index in [4.69, 9.17) is 4.98 Å². The lowest BCUT2D eigenvalue weighted by Gasteiger charge is -2.05. The first kappa shape index (κ1) is 16.3. The van der Waals surface area contributed by atoms with Crippen molar-refractivity contribution in [1.29, 1.82) is 0 Å². The Hall–Kier alpha value is -2.92. The molecule has 3 aromatic carbocycles. The lowest BCUT2D eigenvalue weighted by molar-refractivity contribution is 0.252. The highest BCUT2D eigenvalue weighted by atomic mass is 32.1. The minimum atomic E-state index is -0.206. The number of carbonyl (C=O) groups is 1. The number of aryl methyl sites for hydroxylation is 2. The van der Waals surface area contributed by atoms with Crippen LogP contribution in [0.4, 0.5) is 9.93 Å². The molecule has 0 spiro atoms. The van der Waals surface area contributed by atoms with Crippen molar-refractivity contribution in [2.45, 2.75) is 19.3 Å². The Balaban J connectivity index is 1.33. The molecule has 1 aliphatic carbocycles. The fourth-order valence-corrected chi connectivity index (χ4v) is 4.81. The van der Waals surface area contributed by atoms with Gasteiger partial charge in [-0.2, -0.15) is 0 Å². The number of amides is 2. The number of aromatic nitrogens is 1. The fraction of sp³-hybridized carbons (Fsp3) is 0.182. The lowest BCUT2D eigenvalue weighted by Crippen LogP contribution is -2.30. The minimum Gasteiger partial charge on any atom is -0.337 e. The van der Waals surface area contributed by atoms with Crippen LogP contribution in [0.3, 0.4) is 0 Å². The topological polar surface area (TPSA) is 54.0 Å². The van der Waals surface area contributed by atoms with Gasteiger partial charge in [-0.1, -0.05) is 59.9 Å². The summed E-state index contributed by atoms with van der Waals surface area (Å²) >= 11 is 1.54. The van der Waals surface area contributed by atoms with Crippen LogP contribution >= 0.6 is 11.3 Å². The van der Waals surface area contributed by atoms with Gasteiger partial charge in [0.2, 0.25) is 0 Å². The fourth-order valence-electron chi connectivity index (χ4n) is 3.86. The molecular weight excluding hydrogens is 354 g/mol. The van der Waals surface area contributed by atoms with Gasteiger partial charge in [0.25, 0.3) is 0 Å². The first-order valence-electron chi connectivity index (χ1n) is 9.21. The Labute approximate surface area is 161 Å². The van der Waals surface area contributed by atoms with Gasteiger partial charge in [-0.05, 0) is 47.4 Å². The summed E-state index contributed by atoms with van der Waals surface area (Å²) in [4.78, 5) is 16.9. The van der Waals surface area contributed by atoms with Gasteiger partial charge < -0.3 is 5.32 Å². The number of rotatable bonds is 4. The highest BCUT2D eigenvalue weighted by Gasteiger charge is 2.18. The van der Waals surface area contributed by atoms with Gasteiger partial charge in [-0.25, -0.2) is 9.78 Å². The third-order valence-corrected chi connectivity index (χ3v) is 6.03. The first-order valence-corrected chi connectivity index (χ1v) is 10.0. The zero-order valence-corrected chi connectivity index (χ0v) is 15.6. The van der Waals surface area contributed by atoms with Crippen LogP contribution in [0.5, 0.6) is 0 Å². The molecule has 0 saturated carbocycles. The molecule has 0 aliphatic heterocycles. The summed E-state index contributed by atoms with van der Waals surface area (Å²) in [6.07, 6.45) is 3.01. The molecule has 0 atom stereocenters. The van der Waals surface area contributed by atoms with E-state index in [0.29, 0.717) is 11.7 Å². The molecule has 27 heavy (non-hydrogen) atoms. The molecule has 2 amide bonds. The van der Waals surface area contributed by atoms with Crippen LogP contribution in [0, 0.1) is 0 Å². The number of fused-ring (bicyclic) bond motifs is 2. The smallest absolute Gasteiger partial charge is 0.321 e. The van der Waals surface area contributed by atoms with Crippen LogP contribution in [0.25, 0.3) is 21.0 Å². The van der Waals surface area contributed by atoms with Crippen molar-refractivity contribution in [1.82, 2.24) is 10.3 Å². The summed E-state index contributed by atoms with van der Waals surface area (Å²) in [6, 6.07) is 18.6. The standard InChI is InChI=1S/C22H19N3OS/c26-21(23-12-11-14-5-2-1-3-6-14)25-22-24-20-17-8-4-7-15-9-10-16(19(15)17)13-18(20)27-22/h1-8,13H,9-12H2,(H2,23,24,25,26). The van der Waals surface area contributed by atoms with Crippen molar-refractivity contribution in [3.63, 3.8) is 0 Å². The van der Waals surface area contributed by atoms with Crippen LogP contribution < -0.4 is 10.6 Å². The van der Waals surface area contributed by atoms with E-state index in [1.807, 2.05) is 18.2 Å². The average molecular weight is 373 g/mol. The lowest BCUT2D eigenvalue weighted by atomic mass is 10.0. The Bertz CT molecular complexity index is 1150. The number of hydrogen-bond donors (Lipinski definition) is 2. The molecular formula is C22H19N3OS. The van der Waals surface area contributed by atoms with E-state index < -0.39 is 0 Å². The maximum absolute atomic E-state index is 12.2. The third kappa shape index (κ3) is 3.04. The Morgan fingerprint density at radius 3 is 2.78 bits per heavy atom. The molecule has 1 aromatic heterocycles. The van der Waals surface area contributed by atoms with Gasteiger partial charge >= 0.3 is 6.03 Å². The second kappa shape index (κ2) is 6.67. The summed E-state index contributed by atoms with van der Waals surface area (Å²) in [7, 11) is 0. The predicted molar refractivity (Wildman–Crippen MR) is 112 cm³/mol.